The number of hydrogen-bond acceptors (Lipinski definition) is 6. The van der Waals surface area contributed by atoms with Crippen LogP contribution in [-0.4, -0.2) is 37.7 Å². The summed E-state index contributed by atoms with van der Waals surface area (Å²) < 4.78 is 1.86. The number of anilines is 1. The van der Waals surface area contributed by atoms with Crippen LogP contribution in [-0.2, 0) is 7.05 Å². The molecule has 2 aromatic heterocycles. The van der Waals surface area contributed by atoms with E-state index in [1.54, 1.807) is 18.3 Å². The maximum atomic E-state index is 10.9. The predicted molar refractivity (Wildman–Crippen MR) is 102 cm³/mol. The highest BCUT2D eigenvalue weighted by molar-refractivity contribution is 5.82. The largest absolute Gasteiger partial charge is 0.385 e. The monoisotopic (exact) mass is 367 g/mol. The Morgan fingerprint density at radius 3 is 2.70 bits per heavy atom. The van der Waals surface area contributed by atoms with Crippen molar-refractivity contribution in [3.63, 3.8) is 0 Å². The van der Waals surface area contributed by atoms with E-state index in [1.807, 2.05) is 29.9 Å². The molecule has 8 nitrogen and oxygen atoms in total. The maximum Gasteiger partial charge on any atom is 0.270 e. The molecule has 140 valence electrons. The Morgan fingerprint density at radius 1 is 1.26 bits per heavy atom. The molecule has 3 heterocycles. The van der Waals surface area contributed by atoms with Crippen molar-refractivity contribution in [3.8, 4) is 0 Å². The molecule has 1 atom stereocenters. The van der Waals surface area contributed by atoms with Crippen molar-refractivity contribution in [2.24, 2.45) is 13.0 Å². The van der Waals surface area contributed by atoms with Gasteiger partial charge in [-0.05, 0) is 37.0 Å². The highest BCUT2D eigenvalue weighted by Crippen LogP contribution is 2.32. The van der Waals surface area contributed by atoms with Crippen molar-refractivity contribution in [2.75, 3.05) is 18.0 Å². The molecule has 1 fully saturated rings. The molecular formula is C19H21N5O3. The molecule has 0 aliphatic carbocycles. The molecule has 27 heavy (non-hydrogen) atoms. The Balaban J connectivity index is 1.47. The number of benzene rings is 1. The maximum absolute atomic E-state index is 10.9. The molecule has 1 unspecified atom stereocenters. The number of aromatic nitrogens is 3. The smallest absolute Gasteiger partial charge is 0.270 e. The lowest BCUT2D eigenvalue weighted by molar-refractivity contribution is -0.384. The van der Waals surface area contributed by atoms with E-state index in [-0.39, 0.29) is 11.6 Å². The van der Waals surface area contributed by atoms with Gasteiger partial charge in [0, 0.05) is 50.0 Å². The Hall–Kier alpha value is -3.00. The van der Waals surface area contributed by atoms with Crippen molar-refractivity contribution < 1.29 is 10.0 Å². The number of nitro groups is 1. The van der Waals surface area contributed by atoms with Gasteiger partial charge in [0.2, 0.25) is 0 Å². The number of piperidine rings is 1. The lowest BCUT2D eigenvalue weighted by atomic mass is 9.90. The van der Waals surface area contributed by atoms with Gasteiger partial charge in [-0.15, -0.1) is 0 Å². The molecule has 0 saturated carbocycles. The summed E-state index contributed by atoms with van der Waals surface area (Å²) in [6.45, 7) is 1.61. The Labute approximate surface area is 156 Å². The molecule has 1 aromatic carbocycles. The SMILES string of the molecule is Cn1ccnc1C(O)C1CCN(c2ccc3cc([N+](=O)[O-])ccc3n2)CC1. The molecule has 1 saturated heterocycles. The summed E-state index contributed by atoms with van der Waals surface area (Å²) in [7, 11) is 1.89. The van der Waals surface area contributed by atoms with Crippen LogP contribution in [0.1, 0.15) is 24.8 Å². The van der Waals surface area contributed by atoms with Crippen LogP contribution in [0.25, 0.3) is 10.9 Å². The lowest BCUT2D eigenvalue weighted by Gasteiger charge is -2.34. The van der Waals surface area contributed by atoms with Gasteiger partial charge < -0.3 is 14.6 Å². The van der Waals surface area contributed by atoms with Crippen LogP contribution in [0.3, 0.4) is 0 Å². The molecule has 8 heteroatoms. The molecule has 1 N–H and O–H groups in total. The molecule has 0 spiro atoms. The van der Waals surface area contributed by atoms with Crippen LogP contribution in [0.5, 0.6) is 0 Å². The van der Waals surface area contributed by atoms with E-state index in [0.717, 1.165) is 42.7 Å². The number of nitro benzene ring substituents is 1. The fourth-order valence-corrected chi connectivity index (χ4v) is 3.71. The number of aliphatic hydroxyl groups is 1. The van der Waals surface area contributed by atoms with Crippen molar-refractivity contribution in [1.29, 1.82) is 0 Å². The summed E-state index contributed by atoms with van der Waals surface area (Å²) in [5.74, 6) is 1.74. The van der Waals surface area contributed by atoms with Gasteiger partial charge in [0.05, 0.1) is 10.4 Å². The van der Waals surface area contributed by atoms with Crippen molar-refractivity contribution >= 4 is 22.4 Å². The predicted octanol–water partition coefficient (Wildman–Crippen LogP) is 2.83. The van der Waals surface area contributed by atoms with Gasteiger partial charge in [-0.25, -0.2) is 9.97 Å². The third-order valence-corrected chi connectivity index (χ3v) is 5.30. The summed E-state index contributed by atoms with van der Waals surface area (Å²) in [4.78, 5) is 21.6. The second kappa shape index (κ2) is 6.96. The van der Waals surface area contributed by atoms with Crippen molar-refractivity contribution in [1.82, 2.24) is 14.5 Å². The van der Waals surface area contributed by atoms with E-state index in [2.05, 4.69) is 14.9 Å². The fourth-order valence-electron chi connectivity index (χ4n) is 3.71. The minimum absolute atomic E-state index is 0.0705. The normalized spacial score (nSPS) is 16.6. The molecule has 0 amide bonds. The zero-order valence-electron chi connectivity index (χ0n) is 15.0. The molecule has 1 aliphatic heterocycles. The highest BCUT2D eigenvalue weighted by atomic mass is 16.6. The zero-order chi connectivity index (χ0) is 19.0. The van der Waals surface area contributed by atoms with E-state index in [0.29, 0.717) is 5.82 Å². The number of fused-ring (bicyclic) bond motifs is 1. The van der Waals surface area contributed by atoms with Gasteiger partial charge in [-0.1, -0.05) is 0 Å². The average Bonchev–Trinajstić information content (AvgIpc) is 3.12. The summed E-state index contributed by atoms with van der Waals surface area (Å²) in [5, 5.41) is 22.3. The molecule has 4 rings (SSSR count). The van der Waals surface area contributed by atoms with E-state index in [9.17, 15) is 15.2 Å². The van der Waals surface area contributed by atoms with Gasteiger partial charge >= 0.3 is 0 Å². The van der Waals surface area contributed by atoms with Crippen molar-refractivity contribution in [2.45, 2.75) is 18.9 Å². The lowest BCUT2D eigenvalue weighted by Crippen LogP contribution is -2.36. The number of nitrogens with zero attached hydrogens (tertiary/aromatic N) is 5. The number of hydrogen-bond donors (Lipinski definition) is 1. The van der Waals surface area contributed by atoms with E-state index >= 15 is 0 Å². The van der Waals surface area contributed by atoms with E-state index in [4.69, 9.17) is 0 Å². The van der Waals surface area contributed by atoms with E-state index < -0.39 is 11.0 Å². The first kappa shape index (κ1) is 17.4. The van der Waals surface area contributed by atoms with Gasteiger partial charge in [0.15, 0.2) is 0 Å². The zero-order valence-corrected chi connectivity index (χ0v) is 15.0. The van der Waals surface area contributed by atoms with Crippen LogP contribution in [0.4, 0.5) is 11.5 Å². The summed E-state index contributed by atoms with van der Waals surface area (Å²) in [5.41, 5.74) is 0.814. The number of aryl methyl sites for hydroxylation is 1. The quantitative estimate of drug-likeness (QED) is 0.562. The standard InChI is InChI=1S/C19H21N5O3/c1-22-11-8-20-19(22)18(25)13-6-9-23(10-7-13)17-5-2-14-12-15(24(26)27)3-4-16(14)21-17/h2-5,8,11-13,18,25H,6-7,9-10H2,1H3. The van der Waals surface area contributed by atoms with Crippen LogP contribution >= 0.6 is 0 Å². The van der Waals surface area contributed by atoms with Crippen molar-refractivity contribution in [3.05, 3.63) is 58.7 Å². The van der Waals surface area contributed by atoms with Gasteiger partial charge in [-0.3, -0.25) is 10.1 Å². The third-order valence-electron chi connectivity index (χ3n) is 5.30. The Bertz CT molecular complexity index is 978. The number of imidazole rings is 1. The van der Waals surface area contributed by atoms with Crippen LogP contribution in [0.15, 0.2) is 42.7 Å². The first-order valence-corrected chi connectivity index (χ1v) is 8.98. The number of non-ortho nitro benzene ring substituents is 1. The molecule has 3 aromatic rings. The number of rotatable bonds is 4. The van der Waals surface area contributed by atoms with Crippen LogP contribution < -0.4 is 4.90 Å². The van der Waals surface area contributed by atoms with Crippen LogP contribution in [0, 0.1) is 16.0 Å². The summed E-state index contributed by atoms with van der Waals surface area (Å²) in [6, 6.07) is 8.49. The minimum Gasteiger partial charge on any atom is -0.385 e. The molecule has 0 bridgehead atoms. The summed E-state index contributed by atoms with van der Waals surface area (Å²) >= 11 is 0. The second-order valence-corrected chi connectivity index (χ2v) is 6.97. The van der Waals surface area contributed by atoms with Gasteiger partial charge in [0.1, 0.15) is 17.7 Å². The van der Waals surface area contributed by atoms with Gasteiger partial charge in [0.25, 0.3) is 5.69 Å². The first-order chi connectivity index (χ1) is 13.0. The minimum atomic E-state index is -0.558. The van der Waals surface area contributed by atoms with Gasteiger partial charge in [-0.2, -0.15) is 0 Å². The fraction of sp³-hybridized carbons (Fsp3) is 0.368. The molecule has 1 aliphatic rings. The average molecular weight is 367 g/mol. The number of aliphatic hydroxyl groups excluding tert-OH is 1. The number of pyridine rings is 1. The van der Waals surface area contributed by atoms with E-state index in [1.165, 1.54) is 6.07 Å². The third kappa shape index (κ3) is 3.35. The Morgan fingerprint density at radius 2 is 2.04 bits per heavy atom. The summed E-state index contributed by atoms with van der Waals surface area (Å²) in [6.07, 6.45) is 4.70. The Kier molecular flexibility index (Phi) is 4.49. The topological polar surface area (TPSA) is 97.3 Å². The molecule has 0 radical (unpaired) electrons. The first-order valence-electron chi connectivity index (χ1n) is 8.98. The molecular weight excluding hydrogens is 346 g/mol. The highest BCUT2D eigenvalue weighted by Gasteiger charge is 2.28. The van der Waals surface area contributed by atoms with Crippen LogP contribution in [0.2, 0.25) is 0 Å². The second-order valence-electron chi connectivity index (χ2n) is 6.97.